The van der Waals surface area contributed by atoms with Crippen molar-refractivity contribution < 1.29 is 39.5 Å². The van der Waals surface area contributed by atoms with E-state index in [0.29, 0.717) is 22.7 Å². The molecule has 0 N–H and O–H groups in total. The number of carboxylic acid groups (broad SMARTS) is 1. The largest absolute Gasteiger partial charge is 1.00 e. The second kappa shape index (κ2) is 9.08. The van der Waals surface area contributed by atoms with E-state index in [1.165, 1.54) is 23.0 Å². The summed E-state index contributed by atoms with van der Waals surface area (Å²) in [6, 6.07) is 9.42. The van der Waals surface area contributed by atoms with Crippen LogP contribution in [0.1, 0.15) is 34.6 Å². The van der Waals surface area contributed by atoms with Crippen molar-refractivity contribution in [2.24, 2.45) is 13.0 Å². The summed E-state index contributed by atoms with van der Waals surface area (Å²) in [6.45, 7) is 4.30. The molecule has 0 amide bonds. The fourth-order valence-electron chi connectivity index (χ4n) is 3.74. The molecule has 3 aromatic heterocycles. The molecule has 154 valence electrons. The molecule has 4 rings (SSSR count). The Hall–Kier alpha value is -2.26. The number of fused-ring (bicyclic) bond motifs is 2. The Morgan fingerprint density at radius 1 is 1.19 bits per heavy atom. The molecule has 9 heteroatoms. The first-order valence-corrected chi connectivity index (χ1v) is 10.4. The molecule has 7 nitrogen and oxygen atoms in total. The summed E-state index contributed by atoms with van der Waals surface area (Å²) in [6.07, 6.45) is 2.00. The van der Waals surface area contributed by atoms with Gasteiger partial charge in [0.05, 0.1) is 16.9 Å². The van der Waals surface area contributed by atoms with Crippen molar-refractivity contribution in [1.29, 1.82) is 0 Å². The molecule has 0 bridgehead atoms. The van der Waals surface area contributed by atoms with Crippen LogP contribution in [-0.2, 0) is 20.0 Å². The molecule has 0 aliphatic heterocycles. The van der Waals surface area contributed by atoms with E-state index in [1.807, 2.05) is 44.2 Å². The Labute approximate surface area is 204 Å². The Balaban J connectivity index is 0.00000272. The molecule has 1 aromatic carbocycles. The number of aromatic carboxylic acids is 1. The Morgan fingerprint density at radius 3 is 2.61 bits per heavy atom. The van der Waals surface area contributed by atoms with E-state index in [0.717, 1.165) is 21.0 Å². The normalized spacial score (nSPS) is 11.2. The molecule has 0 saturated heterocycles. The fourth-order valence-corrected chi connectivity index (χ4v) is 5.04. The second-order valence-electron chi connectivity index (χ2n) is 7.68. The van der Waals surface area contributed by atoms with E-state index in [4.69, 9.17) is 0 Å². The molecular weight excluding hydrogens is 425 g/mol. The summed E-state index contributed by atoms with van der Waals surface area (Å²) >= 11 is 1.17. The average Bonchev–Trinajstić information content (AvgIpc) is 3.09. The first kappa shape index (κ1) is 23.4. The van der Waals surface area contributed by atoms with Gasteiger partial charge in [-0.3, -0.25) is 18.9 Å². The molecule has 3 heterocycles. The van der Waals surface area contributed by atoms with Gasteiger partial charge >= 0.3 is 35.2 Å². The molecule has 31 heavy (non-hydrogen) atoms. The van der Waals surface area contributed by atoms with Crippen molar-refractivity contribution in [3.8, 4) is 0 Å². The molecule has 0 unspecified atom stereocenters. The van der Waals surface area contributed by atoms with Gasteiger partial charge in [0.1, 0.15) is 4.83 Å². The Kier molecular flexibility index (Phi) is 6.85. The number of benzene rings is 1. The van der Waals surface area contributed by atoms with E-state index in [1.54, 1.807) is 6.20 Å². The number of carbonyl (C=O) groups is 1. The molecule has 0 saturated carbocycles. The maximum Gasteiger partial charge on any atom is 1.00 e. The second-order valence-corrected chi connectivity index (χ2v) is 8.77. The van der Waals surface area contributed by atoms with Crippen molar-refractivity contribution in [2.45, 2.75) is 26.8 Å². The van der Waals surface area contributed by atoms with E-state index < -0.39 is 17.2 Å². The van der Waals surface area contributed by atoms with Crippen LogP contribution < -0.4 is 45.9 Å². The SMILES string of the molecule is CC(C)Cn1c(=O)n(C)c(=O)c2c(C(=O)[O-])c(Cc3cccc4ncccc34)sc21.[Na+]. The zero-order chi connectivity index (χ0) is 21.6. The minimum Gasteiger partial charge on any atom is -0.545 e. The summed E-state index contributed by atoms with van der Waals surface area (Å²) in [7, 11) is 1.37. The molecule has 0 atom stereocenters. The Bertz CT molecular complexity index is 1410. The van der Waals surface area contributed by atoms with Crippen LogP contribution in [0.15, 0.2) is 46.1 Å². The minimum atomic E-state index is -1.42. The summed E-state index contributed by atoms with van der Waals surface area (Å²) in [5.41, 5.74) is 0.501. The van der Waals surface area contributed by atoms with Crippen molar-refractivity contribution >= 4 is 38.4 Å². The fraction of sp³-hybridized carbons (Fsp3) is 0.273. The average molecular weight is 445 g/mol. The van der Waals surface area contributed by atoms with Crippen molar-refractivity contribution in [1.82, 2.24) is 14.1 Å². The topological polar surface area (TPSA) is 97.0 Å². The minimum absolute atomic E-state index is 0. The Morgan fingerprint density at radius 2 is 1.94 bits per heavy atom. The molecule has 0 fully saturated rings. The van der Waals surface area contributed by atoms with Gasteiger partial charge in [0.25, 0.3) is 5.56 Å². The number of thiophene rings is 1. The number of carbonyl (C=O) groups excluding carboxylic acids is 1. The third-order valence-electron chi connectivity index (χ3n) is 5.08. The number of pyridine rings is 1. The first-order chi connectivity index (χ1) is 14.3. The van der Waals surface area contributed by atoms with Gasteiger partial charge in [-0.25, -0.2) is 4.79 Å². The van der Waals surface area contributed by atoms with Gasteiger partial charge in [0.15, 0.2) is 0 Å². The maximum atomic E-state index is 12.8. The predicted molar refractivity (Wildman–Crippen MR) is 115 cm³/mol. The zero-order valence-electron chi connectivity index (χ0n) is 17.8. The van der Waals surface area contributed by atoms with Crippen LogP contribution in [0.4, 0.5) is 0 Å². The van der Waals surface area contributed by atoms with E-state index in [9.17, 15) is 19.5 Å². The molecule has 4 aromatic rings. The van der Waals surface area contributed by atoms with E-state index in [-0.39, 0.29) is 46.4 Å². The van der Waals surface area contributed by atoms with Crippen LogP contribution in [0.25, 0.3) is 21.1 Å². The molecule has 0 radical (unpaired) electrons. The van der Waals surface area contributed by atoms with E-state index >= 15 is 0 Å². The molecule has 0 aliphatic rings. The quantitative estimate of drug-likeness (QED) is 0.364. The first-order valence-electron chi connectivity index (χ1n) is 9.58. The van der Waals surface area contributed by atoms with Crippen LogP contribution in [0, 0.1) is 5.92 Å². The molecular formula is C22H20N3NaO4S. The standard InChI is InChI=1S/C22H21N3O4S.Na/c1-12(2)11-25-20-18(19(26)24(3)22(25)29)17(21(27)28)16(30-20)10-13-6-4-8-15-14(13)7-5-9-23-15;/h4-9,12H,10-11H2,1-3H3,(H,27,28);/q;+1/p-1. The predicted octanol–water partition coefficient (Wildman–Crippen LogP) is -1.08. The van der Waals surface area contributed by atoms with E-state index in [2.05, 4.69) is 4.98 Å². The number of hydrogen-bond donors (Lipinski definition) is 0. The third-order valence-corrected chi connectivity index (χ3v) is 6.30. The summed E-state index contributed by atoms with van der Waals surface area (Å²) < 4.78 is 2.46. The third kappa shape index (κ3) is 4.13. The van der Waals surface area contributed by atoms with Crippen LogP contribution >= 0.6 is 11.3 Å². The van der Waals surface area contributed by atoms with Crippen LogP contribution in [0.5, 0.6) is 0 Å². The van der Waals surface area contributed by atoms with Gasteiger partial charge in [-0.1, -0.05) is 32.0 Å². The van der Waals surface area contributed by atoms with Gasteiger partial charge < -0.3 is 9.90 Å². The van der Waals surface area contributed by atoms with Gasteiger partial charge in [0.2, 0.25) is 0 Å². The van der Waals surface area contributed by atoms with Crippen molar-refractivity contribution in [3.05, 3.63) is 73.4 Å². The van der Waals surface area contributed by atoms with Gasteiger partial charge in [-0.2, -0.15) is 0 Å². The van der Waals surface area contributed by atoms with Crippen LogP contribution in [0.2, 0.25) is 0 Å². The summed E-state index contributed by atoms with van der Waals surface area (Å²) in [5, 5.41) is 13.0. The number of hydrogen-bond acceptors (Lipinski definition) is 6. The molecule has 0 spiro atoms. The van der Waals surface area contributed by atoms with Crippen molar-refractivity contribution in [2.75, 3.05) is 0 Å². The number of carboxylic acids is 1. The smallest absolute Gasteiger partial charge is 0.545 e. The van der Waals surface area contributed by atoms with Crippen LogP contribution in [-0.4, -0.2) is 20.1 Å². The monoisotopic (exact) mass is 445 g/mol. The van der Waals surface area contributed by atoms with Gasteiger partial charge in [0, 0.05) is 42.0 Å². The maximum absolute atomic E-state index is 12.8. The van der Waals surface area contributed by atoms with Crippen LogP contribution in [0.3, 0.4) is 0 Å². The molecule has 0 aliphatic carbocycles. The number of nitrogens with zero attached hydrogens (tertiary/aromatic N) is 3. The van der Waals surface area contributed by atoms with Gasteiger partial charge in [-0.05, 0) is 23.6 Å². The van der Waals surface area contributed by atoms with Gasteiger partial charge in [-0.15, -0.1) is 11.3 Å². The summed E-state index contributed by atoms with van der Waals surface area (Å²) in [5.74, 6) is -1.27. The zero-order valence-corrected chi connectivity index (χ0v) is 20.7. The number of rotatable bonds is 5. The number of aromatic nitrogens is 3. The summed E-state index contributed by atoms with van der Waals surface area (Å²) in [4.78, 5) is 42.9. The van der Waals surface area contributed by atoms with Crippen molar-refractivity contribution in [3.63, 3.8) is 0 Å².